The first-order valence-corrected chi connectivity index (χ1v) is 32.8. The molecule has 75 heavy (non-hydrogen) atoms. The lowest BCUT2D eigenvalue weighted by atomic mass is 10.0. The van der Waals surface area contributed by atoms with E-state index in [1.54, 1.807) is 0 Å². The van der Waals surface area contributed by atoms with E-state index in [-0.39, 0.29) is 37.5 Å². The molecule has 0 fully saturated rings. The minimum absolute atomic E-state index is 0.0922. The minimum atomic E-state index is -0.802. The maximum Gasteiger partial charge on any atom is 0.306 e. The highest BCUT2D eigenvalue weighted by atomic mass is 16.6. The van der Waals surface area contributed by atoms with Crippen molar-refractivity contribution < 1.29 is 28.6 Å². The van der Waals surface area contributed by atoms with Gasteiger partial charge in [-0.25, -0.2) is 0 Å². The van der Waals surface area contributed by atoms with E-state index >= 15 is 0 Å². The maximum absolute atomic E-state index is 12.9. The molecular weight excluding hydrogens is 925 g/mol. The first-order valence-electron chi connectivity index (χ1n) is 32.8. The van der Waals surface area contributed by atoms with Crippen LogP contribution in [-0.4, -0.2) is 37.2 Å². The molecule has 0 aliphatic rings. The summed E-state index contributed by atoms with van der Waals surface area (Å²) < 4.78 is 16.9. The molecule has 0 aromatic rings. The third-order valence-electron chi connectivity index (χ3n) is 14.5. The summed E-state index contributed by atoms with van der Waals surface area (Å²) in [4.78, 5) is 38.3. The number of hydrogen-bond donors (Lipinski definition) is 0. The zero-order chi connectivity index (χ0) is 54.3. The number of unbranched alkanes of at least 4 members (excludes halogenated alkanes) is 39. The van der Waals surface area contributed by atoms with Gasteiger partial charge in [0.2, 0.25) is 0 Å². The van der Waals surface area contributed by atoms with E-state index < -0.39 is 6.10 Å². The number of rotatable bonds is 60. The van der Waals surface area contributed by atoms with Crippen molar-refractivity contribution in [3.8, 4) is 0 Å². The Morgan fingerprint density at radius 2 is 0.520 bits per heavy atom. The Bertz CT molecular complexity index is 1340. The molecule has 0 rings (SSSR count). The molecule has 0 N–H and O–H groups in total. The Balaban J connectivity index is 4.34. The quantitative estimate of drug-likeness (QED) is 0.0261. The average Bonchev–Trinajstić information content (AvgIpc) is 3.41. The molecule has 436 valence electrons. The maximum atomic E-state index is 12.9. The summed E-state index contributed by atoms with van der Waals surface area (Å²) >= 11 is 0. The molecule has 0 spiro atoms. The molecule has 0 radical (unpaired) electrons. The molecule has 6 nitrogen and oxygen atoms in total. The lowest BCUT2D eigenvalue weighted by molar-refractivity contribution is -0.167. The molecule has 6 heteroatoms. The average molecular weight is 1050 g/mol. The lowest BCUT2D eigenvalue weighted by Crippen LogP contribution is -2.30. The summed E-state index contributed by atoms with van der Waals surface area (Å²) in [6.45, 7) is 6.54. The molecular formula is C69H124O6. The largest absolute Gasteiger partial charge is 0.462 e. The van der Waals surface area contributed by atoms with Crippen LogP contribution >= 0.6 is 0 Å². The van der Waals surface area contributed by atoms with E-state index in [1.165, 1.54) is 218 Å². The highest BCUT2D eigenvalue weighted by Gasteiger charge is 2.19. The Hall–Kier alpha value is -2.89. The highest BCUT2D eigenvalue weighted by Crippen LogP contribution is 2.18. The Morgan fingerprint density at radius 1 is 0.280 bits per heavy atom. The van der Waals surface area contributed by atoms with Crippen molar-refractivity contribution in [3.05, 3.63) is 60.8 Å². The van der Waals surface area contributed by atoms with Gasteiger partial charge in [-0.1, -0.05) is 326 Å². The third kappa shape index (κ3) is 61.8. The molecule has 0 bridgehead atoms. The second-order valence-corrected chi connectivity index (χ2v) is 22.0. The van der Waals surface area contributed by atoms with E-state index in [1.807, 2.05) is 0 Å². The van der Waals surface area contributed by atoms with Gasteiger partial charge in [-0.05, 0) is 57.8 Å². The topological polar surface area (TPSA) is 78.9 Å². The van der Waals surface area contributed by atoms with Crippen LogP contribution in [0.15, 0.2) is 60.8 Å². The second-order valence-electron chi connectivity index (χ2n) is 22.0. The number of carbonyl (C=O) groups is 3. The van der Waals surface area contributed by atoms with Crippen molar-refractivity contribution in [2.45, 2.75) is 348 Å². The van der Waals surface area contributed by atoms with Crippen LogP contribution in [0.5, 0.6) is 0 Å². The zero-order valence-corrected chi connectivity index (χ0v) is 50.1. The van der Waals surface area contributed by atoms with Crippen molar-refractivity contribution in [1.82, 2.24) is 0 Å². The molecule has 0 heterocycles. The SMILES string of the molecule is CC/C=C\C/C=C\C/C=C\C/C=C\C/C=C\CCCC(=O)OC(COC(=O)CCCCCCCCCCCCCCCCCC)COC(=O)CCCCCCCCCCCCCCCCCCCCCCCCCC. The number of esters is 3. The van der Waals surface area contributed by atoms with Crippen molar-refractivity contribution in [2.24, 2.45) is 0 Å². The van der Waals surface area contributed by atoms with Crippen LogP contribution in [-0.2, 0) is 28.6 Å². The van der Waals surface area contributed by atoms with Crippen LogP contribution < -0.4 is 0 Å². The number of carbonyl (C=O) groups excluding carboxylic acids is 3. The fourth-order valence-electron chi connectivity index (χ4n) is 9.66. The van der Waals surface area contributed by atoms with E-state index in [0.29, 0.717) is 19.3 Å². The minimum Gasteiger partial charge on any atom is -0.462 e. The number of ether oxygens (including phenoxy) is 3. The summed E-state index contributed by atoms with van der Waals surface area (Å²) in [5.41, 5.74) is 0. The van der Waals surface area contributed by atoms with Gasteiger partial charge in [0, 0.05) is 19.3 Å². The predicted octanol–water partition coefficient (Wildman–Crippen LogP) is 22.3. The fraction of sp³-hybridized carbons (Fsp3) is 0.812. The van der Waals surface area contributed by atoms with Crippen LogP contribution in [0.4, 0.5) is 0 Å². The summed E-state index contributed by atoms with van der Waals surface area (Å²) in [7, 11) is 0. The lowest BCUT2D eigenvalue weighted by Gasteiger charge is -2.18. The van der Waals surface area contributed by atoms with Gasteiger partial charge in [0.1, 0.15) is 13.2 Å². The second kappa shape index (κ2) is 63.6. The van der Waals surface area contributed by atoms with E-state index in [4.69, 9.17) is 14.2 Å². The normalized spacial score (nSPS) is 12.4. The van der Waals surface area contributed by atoms with Crippen LogP contribution in [0.1, 0.15) is 342 Å². The molecule has 1 atom stereocenters. The van der Waals surface area contributed by atoms with Crippen LogP contribution in [0.2, 0.25) is 0 Å². The van der Waals surface area contributed by atoms with Crippen LogP contribution in [0.25, 0.3) is 0 Å². The summed E-state index contributed by atoms with van der Waals surface area (Å²) in [5, 5.41) is 0. The third-order valence-corrected chi connectivity index (χ3v) is 14.5. The Labute approximate surface area is 466 Å². The molecule has 0 aromatic carbocycles. The summed E-state index contributed by atoms with van der Waals surface area (Å²) in [6, 6.07) is 0. The number of allylic oxidation sites excluding steroid dienone is 10. The predicted molar refractivity (Wildman–Crippen MR) is 325 cm³/mol. The Morgan fingerprint density at radius 3 is 0.800 bits per heavy atom. The van der Waals surface area contributed by atoms with Crippen molar-refractivity contribution in [1.29, 1.82) is 0 Å². The molecule has 0 aliphatic carbocycles. The van der Waals surface area contributed by atoms with Gasteiger partial charge in [0.15, 0.2) is 6.10 Å². The van der Waals surface area contributed by atoms with Crippen molar-refractivity contribution in [2.75, 3.05) is 13.2 Å². The van der Waals surface area contributed by atoms with Gasteiger partial charge in [-0.15, -0.1) is 0 Å². The molecule has 0 aromatic heterocycles. The molecule has 0 aliphatic heterocycles. The number of hydrogen-bond acceptors (Lipinski definition) is 6. The van der Waals surface area contributed by atoms with Crippen molar-refractivity contribution >= 4 is 17.9 Å². The van der Waals surface area contributed by atoms with Gasteiger partial charge < -0.3 is 14.2 Å². The van der Waals surface area contributed by atoms with Gasteiger partial charge in [-0.3, -0.25) is 14.4 Å². The van der Waals surface area contributed by atoms with Gasteiger partial charge in [-0.2, -0.15) is 0 Å². The van der Waals surface area contributed by atoms with Crippen LogP contribution in [0.3, 0.4) is 0 Å². The molecule has 0 saturated carbocycles. The Kier molecular flexibility index (Phi) is 61.2. The van der Waals surface area contributed by atoms with Gasteiger partial charge in [0.25, 0.3) is 0 Å². The molecule has 1 unspecified atom stereocenters. The zero-order valence-electron chi connectivity index (χ0n) is 50.1. The highest BCUT2D eigenvalue weighted by molar-refractivity contribution is 5.71. The smallest absolute Gasteiger partial charge is 0.306 e. The van der Waals surface area contributed by atoms with E-state index in [2.05, 4.69) is 81.5 Å². The van der Waals surface area contributed by atoms with E-state index in [9.17, 15) is 14.4 Å². The monoisotopic (exact) mass is 1050 g/mol. The van der Waals surface area contributed by atoms with Gasteiger partial charge in [0.05, 0.1) is 0 Å². The van der Waals surface area contributed by atoms with Gasteiger partial charge >= 0.3 is 17.9 Å². The van der Waals surface area contributed by atoms with E-state index in [0.717, 1.165) is 77.0 Å². The fourth-order valence-corrected chi connectivity index (χ4v) is 9.66. The summed E-state index contributed by atoms with van der Waals surface area (Å²) in [5.74, 6) is -0.929. The summed E-state index contributed by atoms with van der Waals surface area (Å²) in [6.07, 6.45) is 81.0. The molecule has 0 amide bonds. The standard InChI is InChI=1S/C69H124O6/c1-4-7-10-13-16-19-22-25-28-31-32-33-34-35-36-37-39-41-44-47-50-53-56-59-62-68(71)74-65-66(64-73-67(70)61-58-55-52-49-46-43-40-30-27-24-21-18-15-12-9-6-3)75-69(72)63-60-57-54-51-48-45-42-38-29-26-23-20-17-14-11-8-5-2/h8,11,17,20,26,29,42,45,51,54,66H,4-7,9-10,12-16,18-19,21-25,27-28,30-41,43-44,46-50,52-53,55-65H2,1-3H3/b11-8-,20-17-,29-26-,45-42-,54-51-. The van der Waals surface area contributed by atoms with Crippen molar-refractivity contribution in [3.63, 3.8) is 0 Å². The first kappa shape index (κ1) is 72.1. The van der Waals surface area contributed by atoms with Crippen LogP contribution in [0, 0.1) is 0 Å². The molecule has 0 saturated heterocycles. The first-order chi connectivity index (χ1) is 37.0.